The van der Waals surface area contributed by atoms with Gasteiger partial charge < -0.3 is 13.4 Å². The molecule has 6 atom stereocenters. The summed E-state index contributed by atoms with van der Waals surface area (Å²) in [5.74, 6) is -4.94. The molecule has 9 heteroatoms. The van der Waals surface area contributed by atoms with Crippen LogP contribution < -0.4 is 0 Å². The van der Waals surface area contributed by atoms with E-state index in [4.69, 9.17) is 8.83 Å². The Labute approximate surface area is 842 Å². The molecule has 9 aliphatic carbocycles. The van der Waals surface area contributed by atoms with E-state index in [2.05, 4.69) is 375 Å². The minimum Gasteiger partial charge on any atom is -0.455 e. The fourth-order valence-corrected chi connectivity index (χ4v) is 25.0. The van der Waals surface area contributed by atoms with Gasteiger partial charge >= 0.3 is 0 Å². The van der Waals surface area contributed by atoms with E-state index in [0.717, 1.165) is 214 Å². The lowest BCUT2D eigenvalue weighted by Crippen LogP contribution is -2.36. The van der Waals surface area contributed by atoms with E-state index >= 15 is 0 Å². The number of furan rings is 2. The van der Waals surface area contributed by atoms with Crippen LogP contribution in [-0.2, 0) is 28.8 Å². The first-order valence-corrected chi connectivity index (χ1v) is 50.2. The maximum absolute atomic E-state index is 13.2. The number of carbonyl (C=O) groups excluding carboxylic acids is 6. The van der Waals surface area contributed by atoms with Crippen molar-refractivity contribution < 1.29 is 37.6 Å². The van der Waals surface area contributed by atoms with Crippen LogP contribution in [-0.4, -0.2) is 39.3 Å². The molecule has 0 spiro atoms. The van der Waals surface area contributed by atoms with Crippen molar-refractivity contribution in [2.75, 3.05) is 0 Å². The van der Waals surface area contributed by atoms with Gasteiger partial charge in [0.05, 0.1) is 46.5 Å². The normalized spacial score (nSPS) is 17.2. The molecule has 25 aromatic rings. The largest absolute Gasteiger partial charge is 0.455 e. The number of nitrogens with zero attached hydrogens (tertiary/aromatic N) is 1. The van der Waals surface area contributed by atoms with Crippen LogP contribution in [0, 0.1) is 35.5 Å². The van der Waals surface area contributed by atoms with Gasteiger partial charge in [-0.15, -0.1) is 0 Å². The van der Waals surface area contributed by atoms with Crippen molar-refractivity contribution in [1.29, 1.82) is 0 Å². The van der Waals surface area contributed by atoms with Crippen molar-refractivity contribution in [1.82, 2.24) is 4.57 Å². The van der Waals surface area contributed by atoms with Gasteiger partial charge in [-0.3, -0.25) is 28.8 Å². The van der Waals surface area contributed by atoms with E-state index in [9.17, 15) is 28.8 Å². The highest BCUT2D eigenvalue weighted by molar-refractivity contribution is 6.47. The lowest BCUT2D eigenvalue weighted by atomic mass is 9.71. The number of para-hydroxylation sites is 4. The molecule has 0 saturated heterocycles. The van der Waals surface area contributed by atoms with Crippen molar-refractivity contribution in [3.63, 3.8) is 0 Å². The average Bonchev–Trinajstić information content (AvgIpc) is 0.925. The van der Waals surface area contributed by atoms with E-state index in [0.29, 0.717) is 0 Å². The van der Waals surface area contributed by atoms with Crippen LogP contribution in [0.15, 0.2) is 476 Å². The highest BCUT2D eigenvalue weighted by Crippen LogP contribution is 2.54. The summed E-state index contributed by atoms with van der Waals surface area (Å²) in [5.41, 5.74) is 26.6. The van der Waals surface area contributed by atoms with Crippen LogP contribution in [0.3, 0.4) is 0 Å². The SMILES string of the molecule is O=C1C(=O)C2C=CC1C=C2c1c2ccccc2c(-c2ccc(-n3c4ccc(-c5cccc6ccccc56)cc4c4cc(-c5cccc6ccccc56)ccc43)cc2)c2ccccc12.O=C1C(=O)C2C=CC1C=C2c1c2ccccc2c(-c2ccc3cc(-c4cccc5c4oc4ccccc45)ccc3c2)c2ccccc12.O=C1C(=O)C2C=CC1C=C2c1c2ccccc2c(-c2cccc3c2oc2ccccc23)c2ccccc12. The summed E-state index contributed by atoms with van der Waals surface area (Å²) in [6, 6.07) is 146. The van der Waals surface area contributed by atoms with Gasteiger partial charge in [-0.25, -0.2) is 0 Å². The fourth-order valence-electron chi connectivity index (χ4n) is 25.0. The molecular weight excluding hydrogens is 1800 g/mol. The van der Waals surface area contributed by atoms with Gasteiger partial charge in [0, 0.05) is 54.7 Å². The van der Waals surface area contributed by atoms with Gasteiger partial charge in [0.15, 0.2) is 0 Å². The summed E-state index contributed by atoms with van der Waals surface area (Å²) in [6.45, 7) is 0. The van der Waals surface area contributed by atoms with Crippen LogP contribution in [0.4, 0.5) is 0 Å². The first-order chi connectivity index (χ1) is 72.4. The molecule has 0 aliphatic heterocycles. The molecule has 3 aromatic heterocycles. The predicted molar refractivity (Wildman–Crippen MR) is 601 cm³/mol. The van der Waals surface area contributed by atoms with Gasteiger partial charge in [-0.1, -0.05) is 407 Å². The Kier molecular flexibility index (Phi) is 19.2. The Morgan fingerprint density at radius 2 is 0.469 bits per heavy atom. The molecule has 147 heavy (non-hydrogen) atoms. The predicted octanol–water partition coefficient (Wildman–Crippen LogP) is 33.3. The average molecular weight is 1880 g/mol. The van der Waals surface area contributed by atoms with Crippen LogP contribution in [0.5, 0.6) is 0 Å². The molecule has 34 rings (SSSR count). The van der Waals surface area contributed by atoms with E-state index in [1.807, 2.05) is 97.1 Å². The van der Waals surface area contributed by atoms with Crippen molar-refractivity contribution in [2.45, 2.75) is 0 Å². The molecule has 0 radical (unpaired) electrons. The Hall–Kier alpha value is -19.0. The van der Waals surface area contributed by atoms with Gasteiger partial charge in [-0.2, -0.15) is 0 Å². The maximum atomic E-state index is 13.2. The van der Waals surface area contributed by atoms with E-state index in [-0.39, 0.29) is 34.7 Å². The summed E-state index contributed by atoms with van der Waals surface area (Å²) in [4.78, 5) is 77.0. The van der Waals surface area contributed by atoms with Crippen molar-refractivity contribution in [3.8, 4) is 72.4 Å². The molecule has 9 aliphatic rings. The molecule has 688 valence electrons. The summed E-state index contributed by atoms with van der Waals surface area (Å²) in [7, 11) is 0. The fraction of sp³-hybridized carbons (Fsp3) is 0.0435. The molecule has 0 fully saturated rings. The number of carbonyl (C=O) groups is 6. The zero-order valence-corrected chi connectivity index (χ0v) is 79.1. The lowest BCUT2D eigenvalue weighted by molar-refractivity contribution is -0.139. The molecule has 0 amide bonds. The van der Waals surface area contributed by atoms with Crippen molar-refractivity contribution in [3.05, 3.63) is 484 Å². The van der Waals surface area contributed by atoms with Crippen LogP contribution in [0.2, 0.25) is 0 Å². The smallest absolute Gasteiger partial charge is 0.210 e. The molecular formula is C138H83NO8. The Bertz CT molecular complexity index is 10100. The monoisotopic (exact) mass is 1880 g/mol. The van der Waals surface area contributed by atoms with Gasteiger partial charge in [-0.05, 0) is 241 Å². The number of Topliss-reactive ketones (excluding diaryl/α,β-unsaturated/α-hetero) is 6. The summed E-state index contributed by atoms with van der Waals surface area (Å²) < 4.78 is 15.2. The molecule has 6 bridgehead atoms. The van der Waals surface area contributed by atoms with Crippen LogP contribution in [0.1, 0.15) is 16.7 Å². The molecule has 0 saturated carbocycles. The maximum Gasteiger partial charge on any atom is 0.210 e. The molecule has 6 unspecified atom stereocenters. The second kappa shape index (κ2) is 33.3. The van der Waals surface area contributed by atoms with E-state index in [1.165, 1.54) is 54.6 Å². The number of ketones is 6. The van der Waals surface area contributed by atoms with Crippen molar-refractivity contribution >= 4 is 214 Å². The third kappa shape index (κ3) is 13.2. The minimum absolute atomic E-state index is 0.305. The first-order valence-electron chi connectivity index (χ1n) is 50.2. The summed E-state index contributed by atoms with van der Waals surface area (Å²) >= 11 is 0. The standard InChI is InChI=1S/C60H37NO2.C44H26O3.C34H20O3/c62-59-41-25-30-51(60(59)63)54(35-41)58-49-19-7-5-17-47(49)57(48-18-6-8-20-50(48)58)38-23-28-42(29-24-38)61-55-31-26-39(45-21-9-13-36-11-1-3-15-43(36)45)33-52(55)53-34-40(27-32-56(53)61)46-22-10-14-37-12-2-4-16-44(37)46;45-42-29-20-21-36(43(42)46)38(24-29)41-34-11-3-1-9-32(34)40(33-10-2-4-12-35(33)41)28-19-17-25-22-27(18-16-26(25)23-28)30-13-7-14-37-31-8-5-6-15-39(31)47-44(30)37;35-32-19-16-17-25(33(32)36)28(18-19)31-23-11-3-1-9-21(23)30(22-10-2-4-12-24(22)31)27-14-7-13-26-20-8-5-6-15-29(20)37-34(26)27/h1-35,41,51H;1-24,29,36H;1-19,25H. The molecule has 3 heterocycles. The van der Waals surface area contributed by atoms with Crippen molar-refractivity contribution in [2.24, 2.45) is 35.5 Å². The first kappa shape index (κ1) is 84.9. The second-order valence-electron chi connectivity index (χ2n) is 39.5. The number of fused-ring (bicyclic) bond motifs is 21. The minimum atomic E-state index is -0.558. The number of rotatable bonds is 10. The Morgan fingerprint density at radius 3 is 0.871 bits per heavy atom. The zero-order valence-electron chi connectivity index (χ0n) is 79.1. The van der Waals surface area contributed by atoms with Gasteiger partial charge in [0.25, 0.3) is 0 Å². The van der Waals surface area contributed by atoms with Crippen LogP contribution in [0.25, 0.3) is 252 Å². The number of aromatic nitrogens is 1. The number of hydrogen-bond acceptors (Lipinski definition) is 8. The van der Waals surface area contributed by atoms with Gasteiger partial charge in [0.1, 0.15) is 22.3 Å². The number of benzene rings is 22. The number of hydrogen-bond donors (Lipinski definition) is 0. The summed E-state index contributed by atoms with van der Waals surface area (Å²) in [5, 5.41) is 27.2. The highest BCUT2D eigenvalue weighted by atomic mass is 16.3. The Balaban J connectivity index is 0.000000108. The number of allylic oxidation sites excluding steroid dienone is 12. The van der Waals surface area contributed by atoms with E-state index in [1.54, 1.807) is 0 Å². The van der Waals surface area contributed by atoms with Crippen LogP contribution >= 0.6 is 0 Å². The highest BCUT2D eigenvalue weighted by Gasteiger charge is 2.44. The van der Waals surface area contributed by atoms with E-state index < -0.39 is 35.5 Å². The topological polar surface area (TPSA) is 134 Å². The molecule has 22 aromatic carbocycles. The third-order valence-corrected chi connectivity index (χ3v) is 31.7. The third-order valence-electron chi connectivity index (χ3n) is 31.7. The quantitative estimate of drug-likeness (QED) is 0.0751. The summed E-state index contributed by atoms with van der Waals surface area (Å²) in [6.07, 6.45) is 17.3. The molecule has 9 nitrogen and oxygen atoms in total. The molecule has 0 N–H and O–H groups in total. The van der Waals surface area contributed by atoms with Gasteiger partial charge in [0.2, 0.25) is 34.7 Å². The second-order valence-corrected chi connectivity index (χ2v) is 39.5. The lowest BCUT2D eigenvalue weighted by Gasteiger charge is -2.30. The Morgan fingerprint density at radius 1 is 0.184 bits per heavy atom. The zero-order chi connectivity index (χ0) is 97.7.